The van der Waals surface area contributed by atoms with Crippen molar-refractivity contribution in [2.24, 2.45) is 5.18 Å². The number of hydrogen-bond acceptors (Lipinski definition) is 4. The zero-order valence-corrected chi connectivity index (χ0v) is 6.07. The van der Waals surface area contributed by atoms with E-state index in [1.165, 1.54) is 19.2 Å². The van der Waals surface area contributed by atoms with Gasteiger partial charge in [-0.05, 0) is 17.3 Å². The minimum absolute atomic E-state index is 0.316. The Morgan fingerprint density at radius 3 is 2.82 bits per heavy atom. The largest absolute Gasteiger partial charge is 0.495 e. The molecule has 2 N–H and O–H groups in total. The smallest absolute Gasteiger partial charge is 0.144 e. The molecule has 0 atom stereocenters. The molecule has 1 aromatic carbocycles. The first kappa shape index (κ1) is 7.53. The molecule has 4 heteroatoms. The summed E-state index contributed by atoms with van der Waals surface area (Å²) >= 11 is 0. The number of rotatable bonds is 2. The lowest BCUT2D eigenvalue weighted by Crippen LogP contribution is -1.90. The third kappa shape index (κ3) is 1.46. The van der Waals surface area contributed by atoms with Crippen LogP contribution in [0.4, 0.5) is 11.4 Å². The Bertz CT molecular complexity index is 273. The maximum Gasteiger partial charge on any atom is 0.144 e. The highest BCUT2D eigenvalue weighted by molar-refractivity contribution is 5.59. The van der Waals surface area contributed by atoms with Gasteiger partial charge in [-0.1, -0.05) is 0 Å². The Morgan fingerprint density at radius 1 is 1.55 bits per heavy atom. The van der Waals surface area contributed by atoms with Crippen molar-refractivity contribution in [2.75, 3.05) is 12.8 Å². The molecular weight excluding hydrogens is 144 g/mol. The van der Waals surface area contributed by atoms with E-state index in [2.05, 4.69) is 5.18 Å². The van der Waals surface area contributed by atoms with Crippen LogP contribution in [0.3, 0.4) is 0 Å². The quantitative estimate of drug-likeness (QED) is 0.517. The van der Waals surface area contributed by atoms with Crippen LogP contribution in [0.15, 0.2) is 23.4 Å². The molecule has 0 saturated carbocycles. The van der Waals surface area contributed by atoms with Gasteiger partial charge < -0.3 is 10.5 Å². The highest BCUT2D eigenvalue weighted by Crippen LogP contribution is 2.26. The lowest BCUT2D eigenvalue weighted by Gasteiger charge is -2.02. The molecule has 0 aliphatic carbocycles. The Balaban J connectivity index is 3.12. The number of benzene rings is 1. The number of ether oxygens (including phenoxy) is 1. The number of nitrogens with zero attached hydrogens (tertiary/aromatic N) is 1. The SMILES string of the molecule is COc1cc(N=O)ccc1N. The van der Waals surface area contributed by atoms with Crippen molar-refractivity contribution in [3.8, 4) is 5.75 Å². The van der Waals surface area contributed by atoms with Crippen molar-refractivity contribution < 1.29 is 4.74 Å². The van der Waals surface area contributed by atoms with Gasteiger partial charge >= 0.3 is 0 Å². The number of anilines is 1. The van der Waals surface area contributed by atoms with E-state index in [9.17, 15) is 4.91 Å². The fourth-order valence-corrected chi connectivity index (χ4v) is 0.757. The maximum absolute atomic E-state index is 10.0. The summed E-state index contributed by atoms with van der Waals surface area (Å²) in [5.41, 5.74) is 6.30. The first-order valence-corrected chi connectivity index (χ1v) is 3.05. The van der Waals surface area contributed by atoms with Gasteiger partial charge in [0.05, 0.1) is 12.8 Å². The minimum Gasteiger partial charge on any atom is -0.495 e. The first-order chi connectivity index (χ1) is 5.27. The summed E-state index contributed by atoms with van der Waals surface area (Å²) in [6, 6.07) is 4.60. The van der Waals surface area contributed by atoms with Crippen molar-refractivity contribution in [3.63, 3.8) is 0 Å². The predicted molar refractivity (Wildman–Crippen MR) is 42.9 cm³/mol. The van der Waals surface area contributed by atoms with Crippen LogP contribution >= 0.6 is 0 Å². The minimum atomic E-state index is 0.316. The number of nitrogen functional groups attached to an aromatic ring is 1. The van der Waals surface area contributed by atoms with Crippen LogP contribution < -0.4 is 10.5 Å². The molecule has 0 unspecified atom stereocenters. The molecule has 0 aliphatic rings. The second kappa shape index (κ2) is 3.01. The summed E-state index contributed by atoms with van der Waals surface area (Å²) in [4.78, 5) is 10.0. The van der Waals surface area contributed by atoms with E-state index in [1.54, 1.807) is 6.07 Å². The molecule has 0 aromatic heterocycles. The van der Waals surface area contributed by atoms with E-state index in [4.69, 9.17) is 10.5 Å². The summed E-state index contributed by atoms with van der Waals surface area (Å²) in [6.45, 7) is 0. The summed E-state index contributed by atoms with van der Waals surface area (Å²) in [5, 5.41) is 2.73. The Hall–Kier alpha value is -1.58. The molecule has 58 valence electrons. The monoisotopic (exact) mass is 152 g/mol. The highest BCUT2D eigenvalue weighted by Gasteiger charge is 1.99. The molecule has 4 nitrogen and oxygen atoms in total. The van der Waals surface area contributed by atoms with Crippen LogP contribution in [-0.2, 0) is 0 Å². The van der Waals surface area contributed by atoms with Crippen molar-refractivity contribution in [1.29, 1.82) is 0 Å². The molecule has 11 heavy (non-hydrogen) atoms. The zero-order chi connectivity index (χ0) is 8.27. The van der Waals surface area contributed by atoms with E-state index in [1.807, 2.05) is 0 Å². The van der Waals surface area contributed by atoms with E-state index in [-0.39, 0.29) is 0 Å². The van der Waals surface area contributed by atoms with E-state index in [0.717, 1.165) is 0 Å². The lowest BCUT2D eigenvalue weighted by atomic mass is 10.2. The second-order valence-corrected chi connectivity index (χ2v) is 2.02. The molecule has 0 spiro atoms. The van der Waals surface area contributed by atoms with E-state index in [0.29, 0.717) is 17.1 Å². The van der Waals surface area contributed by atoms with Crippen LogP contribution in [0, 0.1) is 4.91 Å². The number of hydrogen-bond donors (Lipinski definition) is 1. The van der Waals surface area contributed by atoms with Gasteiger partial charge in [-0.15, -0.1) is 4.91 Å². The van der Waals surface area contributed by atoms with E-state index < -0.39 is 0 Å². The molecule has 0 aliphatic heterocycles. The Morgan fingerprint density at radius 2 is 2.27 bits per heavy atom. The molecule has 0 radical (unpaired) electrons. The van der Waals surface area contributed by atoms with Crippen molar-refractivity contribution in [3.05, 3.63) is 23.1 Å². The molecule has 1 aromatic rings. The van der Waals surface area contributed by atoms with E-state index >= 15 is 0 Å². The zero-order valence-electron chi connectivity index (χ0n) is 6.07. The van der Waals surface area contributed by atoms with Gasteiger partial charge in [0.2, 0.25) is 0 Å². The van der Waals surface area contributed by atoms with Gasteiger partial charge in [0, 0.05) is 6.07 Å². The van der Waals surface area contributed by atoms with Gasteiger partial charge in [-0.25, -0.2) is 0 Å². The predicted octanol–water partition coefficient (Wildman–Crippen LogP) is 1.68. The van der Waals surface area contributed by atoms with Crippen molar-refractivity contribution >= 4 is 11.4 Å². The molecular formula is C7H8N2O2. The van der Waals surface area contributed by atoms with Crippen LogP contribution in [0.1, 0.15) is 0 Å². The van der Waals surface area contributed by atoms with Crippen LogP contribution in [0.2, 0.25) is 0 Å². The van der Waals surface area contributed by atoms with Crippen LogP contribution in [-0.4, -0.2) is 7.11 Å². The standard InChI is InChI=1S/C7H8N2O2/c1-11-7-4-5(9-10)2-3-6(7)8/h2-4H,8H2,1H3. The fourth-order valence-electron chi connectivity index (χ4n) is 0.757. The summed E-state index contributed by atoms with van der Waals surface area (Å²) in [6.07, 6.45) is 0. The lowest BCUT2D eigenvalue weighted by molar-refractivity contribution is 0.417. The van der Waals surface area contributed by atoms with Crippen LogP contribution in [0.25, 0.3) is 0 Å². The van der Waals surface area contributed by atoms with Gasteiger partial charge in [0.25, 0.3) is 0 Å². The summed E-state index contributed by atoms with van der Waals surface area (Å²) in [5.74, 6) is 0.474. The molecule has 0 bridgehead atoms. The molecule has 0 saturated heterocycles. The second-order valence-electron chi connectivity index (χ2n) is 2.02. The number of methoxy groups -OCH3 is 1. The first-order valence-electron chi connectivity index (χ1n) is 3.05. The Labute approximate surface area is 63.9 Å². The number of nitrogens with two attached hydrogens (primary N) is 1. The average Bonchev–Trinajstić information content (AvgIpc) is 2.05. The topological polar surface area (TPSA) is 64.7 Å². The van der Waals surface area contributed by atoms with Gasteiger partial charge in [-0.3, -0.25) is 0 Å². The highest BCUT2D eigenvalue weighted by atomic mass is 16.5. The Kier molecular flexibility index (Phi) is 2.06. The summed E-state index contributed by atoms with van der Waals surface area (Å²) in [7, 11) is 1.49. The van der Waals surface area contributed by atoms with Gasteiger partial charge in [-0.2, -0.15) is 0 Å². The average molecular weight is 152 g/mol. The third-order valence-corrected chi connectivity index (χ3v) is 1.32. The normalized spacial score (nSPS) is 9.18. The summed E-state index contributed by atoms with van der Waals surface area (Å²) < 4.78 is 4.86. The molecule has 0 heterocycles. The van der Waals surface area contributed by atoms with Crippen molar-refractivity contribution in [2.45, 2.75) is 0 Å². The molecule has 0 fully saturated rings. The van der Waals surface area contributed by atoms with Gasteiger partial charge in [0.15, 0.2) is 0 Å². The number of nitroso groups, excluding NO2 is 1. The van der Waals surface area contributed by atoms with Crippen molar-refractivity contribution in [1.82, 2.24) is 0 Å². The molecule has 1 rings (SSSR count). The maximum atomic E-state index is 10.0. The molecule has 0 amide bonds. The third-order valence-electron chi connectivity index (χ3n) is 1.32. The van der Waals surface area contributed by atoms with Crippen LogP contribution in [0.5, 0.6) is 5.75 Å². The fraction of sp³-hybridized carbons (Fsp3) is 0.143. The van der Waals surface area contributed by atoms with Gasteiger partial charge in [0.1, 0.15) is 11.4 Å².